The van der Waals surface area contributed by atoms with Crippen LogP contribution in [0.3, 0.4) is 0 Å². The van der Waals surface area contributed by atoms with E-state index in [1.807, 2.05) is 0 Å². The van der Waals surface area contributed by atoms with Gasteiger partial charge in [0.2, 0.25) is 0 Å². The minimum absolute atomic E-state index is 0.168. The summed E-state index contributed by atoms with van der Waals surface area (Å²) in [7, 11) is 0. The summed E-state index contributed by atoms with van der Waals surface area (Å²) in [5, 5.41) is 14.3. The lowest BCUT2D eigenvalue weighted by molar-refractivity contribution is -0.142. The van der Waals surface area contributed by atoms with Crippen molar-refractivity contribution in [3.63, 3.8) is 0 Å². The maximum atomic E-state index is 12.6. The predicted octanol–water partition coefficient (Wildman–Crippen LogP) is 0.632. The van der Waals surface area contributed by atoms with Crippen LogP contribution in [0.15, 0.2) is 16.9 Å². The van der Waals surface area contributed by atoms with E-state index in [-0.39, 0.29) is 12.6 Å². The second kappa shape index (κ2) is 4.39. The van der Waals surface area contributed by atoms with Crippen molar-refractivity contribution >= 4 is 0 Å². The van der Waals surface area contributed by atoms with Gasteiger partial charge >= 0.3 is 6.18 Å². The van der Waals surface area contributed by atoms with Crippen LogP contribution in [-0.4, -0.2) is 30.0 Å². The van der Waals surface area contributed by atoms with Crippen molar-refractivity contribution in [1.29, 1.82) is 0 Å². The third kappa shape index (κ3) is 2.40. The Balaban J connectivity index is 1.93. The van der Waals surface area contributed by atoms with Crippen LogP contribution in [0.5, 0.6) is 0 Å². The van der Waals surface area contributed by atoms with Crippen LogP contribution in [0, 0.1) is 0 Å². The van der Waals surface area contributed by atoms with E-state index in [2.05, 4.69) is 20.6 Å². The Morgan fingerprint density at radius 3 is 2.70 bits per heavy atom. The van der Waals surface area contributed by atoms with E-state index < -0.39 is 17.4 Å². The molecule has 10 heteroatoms. The lowest BCUT2D eigenvalue weighted by atomic mass is 10.4. The van der Waals surface area contributed by atoms with Crippen molar-refractivity contribution in [2.75, 3.05) is 0 Å². The second-order valence-electron chi connectivity index (χ2n) is 4.48. The number of rotatable bonds is 3. The Hall–Kier alpha value is -2.26. The van der Waals surface area contributed by atoms with Gasteiger partial charge in [-0.25, -0.2) is 9.36 Å². The van der Waals surface area contributed by atoms with Crippen LogP contribution in [0.25, 0.3) is 0 Å². The maximum Gasteiger partial charge on any atom is 0.435 e. The molecule has 0 saturated heterocycles. The fourth-order valence-corrected chi connectivity index (χ4v) is 1.77. The summed E-state index contributed by atoms with van der Waals surface area (Å²) >= 11 is 0. The van der Waals surface area contributed by atoms with Crippen LogP contribution in [0.1, 0.15) is 30.4 Å². The zero-order chi connectivity index (χ0) is 14.3. The van der Waals surface area contributed by atoms with Gasteiger partial charge in [0.25, 0.3) is 5.56 Å². The Morgan fingerprint density at radius 1 is 1.30 bits per heavy atom. The molecular weight excluding hydrogens is 277 g/mol. The van der Waals surface area contributed by atoms with Crippen molar-refractivity contribution < 1.29 is 13.2 Å². The average Bonchev–Trinajstić information content (AvgIpc) is 3.11. The van der Waals surface area contributed by atoms with E-state index in [1.54, 1.807) is 0 Å². The predicted molar refractivity (Wildman–Crippen MR) is 58.7 cm³/mol. The van der Waals surface area contributed by atoms with E-state index >= 15 is 0 Å². The summed E-state index contributed by atoms with van der Waals surface area (Å²) in [5.41, 5.74) is -1.76. The number of tetrazole rings is 1. The minimum atomic E-state index is -4.60. The van der Waals surface area contributed by atoms with Crippen LogP contribution in [0.4, 0.5) is 13.2 Å². The van der Waals surface area contributed by atoms with Crippen molar-refractivity contribution in [3.8, 4) is 0 Å². The fraction of sp³-hybridized carbons (Fsp3) is 0.500. The highest BCUT2D eigenvalue weighted by molar-refractivity contribution is 5.05. The Bertz CT molecular complexity index is 687. The van der Waals surface area contributed by atoms with Gasteiger partial charge in [-0.2, -0.15) is 18.3 Å². The maximum absolute atomic E-state index is 12.6. The van der Waals surface area contributed by atoms with Crippen LogP contribution in [0.2, 0.25) is 0 Å². The van der Waals surface area contributed by atoms with Gasteiger partial charge in [-0.1, -0.05) is 0 Å². The van der Waals surface area contributed by atoms with Gasteiger partial charge in [0.05, 0.1) is 6.04 Å². The molecule has 0 N–H and O–H groups in total. The monoisotopic (exact) mass is 286 g/mol. The summed E-state index contributed by atoms with van der Waals surface area (Å²) in [6.07, 6.45) is -2.76. The van der Waals surface area contributed by atoms with Crippen LogP contribution in [-0.2, 0) is 12.7 Å². The number of nitrogens with zero attached hydrogens (tertiary/aromatic N) is 6. The van der Waals surface area contributed by atoms with Gasteiger partial charge in [-0.05, 0) is 29.3 Å². The van der Waals surface area contributed by atoms with E-state index in [0.29, 0.717) is 16.6 Å². The first-order valence-electron chi connectivity index (χ1n) is 5.87. The highest BCUT2D eigenvalue weighted by atomic mass is 19.4. The van der Waals surface area contributed by atoms with E-state index in [1.165, 1.54) is 4.68 Å². The molecule has 1 saturated carbocycles. The number of alkyl halides is 3. The molecule has 0 atom stereocenters. The zero-order valence-electron chi connectivity index (χ0n) is 10.1. The second-order valence-corrected chi connectivity index (χ2v) is 4.48. The number of aromatic nitrogens is 6. The molecule has 2 aromatic rings. The smallest absolute Gasteiger partial charge is 0.268 e. The lowest BCUT2D eigenvalue weighted by Crippen LogP contribution is -2.27. The third-order valence-corrected chi connectivity index (χ3v) is 2.90. The highest BCUT2D eigenvalue weighted by Crippen LogP contribution is 2.34. The Kier molecular flexibility index (Phi) is 2.80. The molecule has 7 nitrogen and oxygen atoms in total. The van der Waals surface area contributed by atoms with Crippen LogP contribution >= 0.6 is 0 Å². The quantitative estimate of drug-likeness (QED) is 0.827. The van der Waals surface area contributed by atoms with Gasteiger partial charge in [-0.3, -0.25) is 4.79 Å². The van der Waals surface area contributed by atoms with Crippen molar-refractivity contribution in [2.24, 2.45) is 0 Å². The summed E-state index contributed by atoms with van der Waals surface area (Å²) < 4.78 is 40.0. The SMILES string of the molecule is O=c1ccc(C(F)(F)F)nn1Cc1nnnn1C1CC1. The van der Waals surface area contributed by atoms with E-state index in [0.717, 1.165) is 18.9 Å². The first-order chi connectivity index (χ1) is 9.45. The minimum Gasteiger partial charge on any atom is -0.268 e. The summed E-state index contributed by atoms with van der Waals surface area (Å²) in [5.74, 6) is 0.321. The van der Waals surface area contributed by atoms with E-state index in [4.69, 9.17) is 0 Å². The molecule has 3 rings (SSSR count). The summed E-state index contributed by atoms with van der Waals surface area (Å²) in [4.78, 5) is 11.6. The number of hydrogen-bond donors (Lipinski definition) is 0. The summed E-state index contributed by atoms with van der Waals surface area (Å²) in [6.45, 7) is -0.188. The molecule has 0 radical (unpaired) electrons. The molecule has 0 aromatic carbocycles. The molecule has 1 aliphatic rings. The lowest BCUT2D eigenvalue weighted by Gasteiger charge is -2.09. The molecule has 1 fully saturated rings. The van der Waals surface area contributed by atoms with Gasteiger partial charge < -0.3 is 0 Å². The Morgan fingerprint density at radius 2 is 2.05 bits per heavy atom. The molecule has 106 valence electrons. The largest absolute Gasteiger partial charge is 0.435 e. The fourth-order valence-electron chi connectivity index (χ4n) is 1.77. The molecule has 0 spiro atoms. The molecule has 20 heavy (non-hydrogen) atoms. The van der Waals surface area contributed by atoms with Gasteiger partial charge in [-0.15, -0.1) is 5.10 Å². The van der Waals surface area contributed by atoms with Gasteiger partial charge in [0.1, 0.15) is 6.54 Å². The van der Waals surface area contributed by atoms with Crippen molar-refractivity contribution in [2.45, 2.75) is 31.6 Å². The normalized spacial score (nSPS) is 15.6. The molecule has 2 aromatic heterocycles. The van der Waals surface area contributed by atoms with E-state index in [9.17, 15) is 18.0 Å². The van der Waals surface area contributed by atoms with Crippen molar-refractivity contribution in [1.82, 2.24) is 30.0 Å². The molecule has 1 aliphatic carbocycles. The molecule has 0 unspecified atom stereocenters. The average molecular weight is 286 g/mol. The van der Waals surface area contributed by atoms with Gasteiger partial charge in [0, 0.05) is 6.07 Å². The highest BCUT2D eigenvalue weighted by Gasteiger charge is 2.33. The van der Waals surface area contributed by atoms with Crippen LogP contribution < -0.4 is 5.56 Å². The molecule has 0 aliphatic heterocycles. The molecule has 2 heterocycles. The van der Waals surface area contributed by atoms with Gasteiger partial charge in [0.15, 0.2) is 11.5 Å². The standard InChI is InChI=1S/C10H9F3N6O/c11-10(12,13)7-3-4-9(20)18(15-7)5-8-14-16-17-19(8)6-1-2-6/h3-4,6H,1-2,5H2. The molecule has 0 bridgehead atoms. The molecular formula is C10H9F3N6O. The topological polar surface area (TPSA) is 78.5 Å². The number of hydrogen-bond acceptors (Lipinski definition) is 5. The Labute approximate surface area is 110 Å². The number of halogens is 3. The molecule has 0 amide bonds. The van der Waals surface area contributed by atoms with Crippen molar-refractivity contribution in [3.05, 3.63) is 34.0 Å². The first kappa shape index (κ1) is 12.8. The zero-order valence-corrected chi connectivity index (χ0v) is 10.1. The summed E-state index contributed by atoms with van der Waals surface area (Å²) in [6, 6.07) is 1.66. The first-order valence-corrected chi connectivity index (χ1v) is 5.87. The third-order valence-electron chi connectivity index (χ3n) is 2.90.